The van der Waals surface area contributed by atoms with Crippen LogP contribution >= 0.6 is 0 Å². The first kappa shape index (κ1) is 15.1. The molecule has 21 heavy (non-hydrogen) atoms. The maximum absolute atomic E-state index is 13.7. The number of nitrogens with zero attached hydrogens (tertiary/aromatic N) is 1. The van der Waals surface area contributed by atoms with Crippen molar-refractivity contribution in [3.05, 3.63) is 65.5 Å². The molecule has 0 spiro atoms. The molecule has 0 saturated heterocycles. The summed E-state index contributed by atoms with van der Waals surface area (Å²) in [6, 6.07) is 14.8. The SMILES string of the molecule is CCN(Cc1cc(F)cc(C#CCO)c1)c1ccccc1. The standard InChI is InChI=1S/C18H18FNO/c1-2-20(18-8-4-3-5-9-18)14-16-11-15(7-6-10-21)12-17(19)13-16/h3-5,8-9,11-13,21H,2,10,14H2,1H3. The Hall–Kier alpha value is -2.31. The topological polar surface area (TPSA) is 23.5 Å². The summed E-state index contributed by atoms with van der Waals surface area (Å²) in [5, 5.41) is 8.72. The van der Waals surface area contributed by atoms with E-state index in [9.17, 15) is 4.39 Å². The van der Waals surface area contributed by atoms with E-state index in [1.807, 2.05) is 36.4 Å². The minimum atomic E-state index is -0.307. The Bertz CT molecular complexity index is 643. The summed E-state index contributed by atoms with van der Waals surface area (Å²) >= 11 is 0. The number of aliphatic hydroxyl groups is 1. The fourth-order valence-electron chi connectivity index (χ4n) is 2.20. The van der Waals surface area contributed by atoms with E-state index in [2.05, 4.69) is 23.7 Å². The van der Waals surface area contributed by atoms with Crippen molar-refractivity contribution in [2.75, 3.05) is 18.1 Å². The summed E-state index contributed by atoms with van der Waals surface area (Å²) in [6.07, 6.45) is 0. The lowest BCUT2D eigenvalue weighted by Crippen LogP contribution is -2.21. The van der Waals surface area contributed by atoms with Gasteiger partial charge in [0.2, 0.25) is 0 Å². The first-order valence-electron chi connectivity index (χ1n) is 6.92. The molecule has 2 nitrogen and oxygen atoms in total. The molecule has 0 atom stereocenters. The Morgan fingerprint density at radius 3 is 2.57 bits per heavy atom. The fraction of sp³-hybridized carbons (Fsp3) is 0.222. The number of hydrogen-bond donors (Lipinski definition) is 1. The summed E-state index contributed by atoms with van der Waals surface area (Å²) in [5.74, 6) is 4.98. The van der Waals surface area contributed by atoms with Gasteiger partial charge in [0.1, 0.15) is 12.4 Å². The second-order valence-electron chi connectivity index (χ2n) is 4.66. The monoisotopic (exact) mass is 283 g/mol. The average Bonchev–Trinajstić information content (AvgIpc) is 2.51. The maximum atomic E-state index is 13.7. The smallest absolute Gasteiger partial charge is 0.124 e. The predicted molar refractivity (Wildman–Crippen MR) is 83.5 cm³/mol. The molecule has 1 N–H and O–H groups in total. The number of para-hydroxylation sites is 1. The Morgan fingerprint density at radius 2 is 1.90 bits per heavy atom. The number of anilines is 1. The third kappa shape index (κ3) is 4.34. The van der Waals surface area contributed by atoms with Crippen molar-refractivity contribution in [3.63, 3.8) is 0 Å². The molecule has 0 saturated carbocycles. The van der Waals surface area contributed by atoms with E-state index in [1.165, 1.54) is 12.1 Å². The molecule has 0 heterocycles. The molecule has 2 aromatic rings. The molecule has 3 heteroatoms. The number of hydrogen-bond acceptors (Lipinski definition) is 2. The molecular formula is C18H18FNO. The highest BCUT2D eigenvalue weighted by molar-refractivity contribution is 5.47. The first-order valence-corrected chi connectivity index (χ1v) is 6.92. The maximum Gasteiger partial charge on any atom is 0.124 e. The van der Waals surface area contributed by atoms with Gasteiger partial charge in [-0.15, -0.1) is 0 Å². The lowest BCUT2D eigenvalue weighted by molar-refractivity contribution is 0.350. The van der Waals surface area contributed by atoms with Gasteiger partial charge in [0.05, 0.1) is 0 Å². The van der Waals surface area contributed by atoms with Gasteiger partial charge in [-0.05, 0) is 42.8 Å². The second-order valence-corrected chi connectivity index (χ2v) is 4.66. The zero-order valence-corrected chi connectivity index (χ0v) is 12.0. The van der Waals surface area contributed by atoms with Crippen LogP contribution in [0.2, 0.25) is 0 Å². The van der Waals surface area contributed by atoms with E-state index < -0.39 is 0 Å². The van der Waals surface area contributed by atoms with Gasteiger partial charge in [0.25, 0.3) is 0 Å². The Labute approximate surface area is 124 Å². The van der Waals surface area contributed by atoms with Crippen LogP contribution in [-0.2, 0) is 6.54 Å². The Morgan fingerprint density at radius 1 is 1.14 bits per heavy atom. The van der Waals surface area contributed by atoms with Crippen LogP contribution < -0.4 is 4.90 Å². The normalized spacial score (nSPS) is 9.86. The van der Waals surface area contributed by atoms with Crippen LogP contribution in [0.15, 0.2) is 48.5 Å². The summed E-state index contributed by atoms with van der Waals surface area (Å²) in [5.41, 5.74) is 2.55. The third-order valence-corrected chi connectivity index (χ3v) is 3.15. The van der Waals surface area contributed by atoms with Crippen molar-refractivity contribution >= 4 is 5.69 Å². The van der Waals surface area contributed by atoms with Crippen LogP contribution in [0.1, 0.15) is 18.1 Å². The van der Waals surface area contributed by atoms with Gasteiger partial charge in [-0.25, -0.2) is 4.39 Å². The molecule has 108 valence electrons. The predicted octanol–water partition coefficient (Wildman–Crippen LogP) is 3.20. The molecule has 0 aliphatic heterocycles. The van der Waals surface area contributed by atoms with Gasteiger partial charge < -0.3 is 10.0 Å². The van der Waals surface area contributed by atoms with Crippen molar-refractivity contribution in [3.8, 4) is 11.8 Å². The molecule has 2 rings (SSSR count). The zero-order valence-electron chi connectivity index (χ0n) is 12.0. The summed E-state index contributed by atoms with van der Waals surface area (Å²) in [6.45, 7) is 3.29. The summed E-state index contributed by atoms with van der Waals surface area (Å²) in [7, 11) is 0. The van der Waals surface area contributed by atoms with Crippen LogP contribution in [-0.4, -0.2) is 18.3 Å². The molecule has 0 radical (unpaired) electrons. The number of halogens is 1. The van der Waals surface area contributed by atoms with Crippen LogP contribution in [0.3, 0.4) is 0 Å². The molecule has 0 aromatic heterocycles. The highest BCUT2D eigenvalue weighted by Gasteiger charge is 2.06. The van der Waals surface area contributed by atoms with Crippen molar-refractivity contribution < 1.29 is 9.50 Å². The molecule has 0 amide bonds. The lowest BCUT2D eigenvalue weighted by atomic mass is 10.1. The quantitative estimate of drug-likeness (QED) is 0.871. The second kappa shape index (κ2) is 7.47. The molecule has 0 unspecified atom stereocenters. The Kier molecular flexibility index (Phi) is 5.36. The number of benzene rings is 2. The first-order chi connectivity index (χ1) is 10.2. The van der Waals surface area contributed by atoms with Gasteiger partial charge in [0, 0.05) is 24.3 Å². The van der Waals surface area contributed by atoms with Gasteiger partial charge in [0.15, 0.2) is 0 Å². The van der Waals surface area contributed by atoms with Gasteiger partial charge >= 0.3 is 0 Å². The van der Waals surface area contributed by atoms with Gasteiger partial charge in [-0.1, -0.05) is 30.0 Å². The minimum Gasteiger partial charge on any atom is -0.384 e. The zero-order chi connectivity index (χ0) is 15.1. The van der Waals surface area contributed by atoms with Crippen LogP contribution in [0.4, 0.5) is 10.1 Å². The number of rotatable bonds is 4. The third-order valence-electron chi connectivity index (χ3n) is 3.15. The van der Waals surface area contributed by atoms with E-state index in [1.54, 1.807) is 0 Å². The molecule has 0 aliphatic rings. The average molecular weight is 283 g/mol. The van der Waals surface area contributed by atoms with Crippen molar-refractivity contribution in [1.82, 2.24) is 0 Å². The van der Waals surface area contributed by atoms with Crippen molar-refractivity contribution in [2.24, 2.45) is 0 Å². The van der Waals surface area contributed by atoms with Crippen LogP contribution in [0, 0.1) is 17.7 Å². The van der Waals surface area contributed by atoms with E-state index in [-0.39, 0.29) is 12.4 Å². The molecule has 0 fully saturated rings. The Balaban J connectivity index is 2.23. The molecule has 0 aliphatic carbocycles. The summed E-state index contributed by atoms with van der Waals surface area (Å²) in [4.78, 5) is 2.16. The van der Waals surface area contributed by atoms with E-state index in [0.717, 1.165) is 17.8 Å². The van der Waals surface area contributed by atoms with Crippen molar-refractivity contribution in [1.29, 1.82) is 0 Å². The summed E-state index contributed by atoms with van der Waals surface area (Å²) < 4.78 is 13.7. The van der Waals surface area contributed by atoms with E-state index in [4.69, 9.17) is 5.11 Å². The van der Waals surface area contributed by atoms with Crippen molar-refractivity contribution in [2.45, 2.75) is 13.5 Å². The minimum absolute atomic E-state index is 0.225. The van der Waals surface area contributed by atoms with Crippen LogP contribution in [0.25, 0.3) is 0 Å². The fourth-order valence-corrected chi connectivity index (χ4v) is 2.20. The highest BCUT2D eigenvalue weighted by atomic mass is 19.1. The lowest BCUT2D eigenvalue weighted by Gasteiger charge is -2.23. The number of aliphatic hydroxyl groups excluding tert-OH is 1. The molecule has 0 bridgehead atoms. The van der Waals surface area contributed by atoms with Crippen LogP contribution in [0.5, 0.6) is 0 Å². The molecular weight excluding hydrogens is 265 g/mol. The van der Waals surface area contributed by atoms with Gasteiger partial charge in [-0.2, -0.15) is 0 Å². The highest BCUT2D eigenvalue weighted by Crippen LogP contribution is 2.18. The largest absolute Gasteiger partial charge is 0.384 e. The molecule has 2 aromatic carbocycles. The van der Waals surface area contributed by atoms with E-state index >= 15 is 0 Å². The van der Waals surface area contributed by atoms with E-state index in [0.29, 0.717) is 12.1 Å². The van der Waals surface area contributed by atoms with Gasteiger partial charge in [-0.3, -0.25) is 0 Å².